The number of halogens is 2. The minimum atomic E-state index is -0.949. The van der Waals surface area contributed by atoms with E-state index in [1.807, 2.05) is 66.7 Å². The summed E-state index contributed by atoms with van der Waals surface area (Å²) >= 11 is 5.28. The summed E-state index contributed by atoms with van der Waals surface area (Å²) in [5.74, 6) is 4.30. The van der Waals surface area contributed by atoms with Gasteiger partial charge in [0.15, 0.2) is 69.0 Å². The summed E-state index contributed by atoms with van der Waals surface area (Å²) in [5, 5.41) is 31.6. The van der Waals surface area contributed by atoms with E-state index in [9.17, 15) is 39.0 Å². The van der Waals surface area contributed by atoms with Crippen LogP contribution in [0.25, 0.3) is 0 Å². The second-order valence-electron chi connectivity index (χ2n) is 27.3. The number of hydrogen-bond donors (Lipinski definition) is 4. The monoisotopic (exact) mass is 1570 g/mol. The first kappa shape index (κ1) is 86.0. The molecule has 12 rings (SSSR count). The molecular weight excluding hydrogens is 1470 g/mol. The quantitative estimate of drug-likeness (QED) is 0.0248. The Labute approximate surface area is 652 Å². The molecule has 0 bridgehead atoms. The summed E-state index contributed by atoms with van der Waals surface area (Å²) < 4.78 is 80.5. The van der Waals surface area contributed by atoms with Crippen molar-refractivity contribution in [3.05, 3.63) is 143 Å². The van der Waals surface area contributed by atoms with Gasteiger partial charge in [-0.15, -0.1) is 12.4 Å². The zero-order chi connectivity index (χ0) is 78.1. The fraction of sp³-hybridized carbons (Fsp3) is 0.481. The van der Waals surface area contributed by atoms with E-state index in [4.69, 9.17) is 87.8 Å². The molecule has 6 aromatic carbocycles. The molecule has 598 valence electrons. The van der Waals surface area contributed by atoms with Gasteiger partial charge in [-0.25, -0.2) is 14.4 Å². The van der Waals surface area contributed by atoms with Gasteiger partial charge in [0.05, 0.1) is 120 Å². The van der Waals surface area contributed by atoms with E-state index in [1.165, 1.54) is 31.1 Å². The Morgan fingerprint density at radius 2 is 0.664 bits per heavy atom. The molecule has 2 amide bonds. The van der Waals surface area contributed by atoms with Crippen molar-refractivity contribution in [1.82, 2.24) is 15.1 Å². The van der Waals surface area contributed by atoms with Crippen LogP contribution in [0.5, 0.6) is 69.0 Å². The molecule has 27 nitrogen and oxygen atoms in total. The van der Waals surface area contributed by atoms with Crippen molar-refractivity contribution in [3.8, 4) is 69.0 Å². The van der Waals surface area contributed by atoms with Crippen LogP contribution < -0.4 is 62.2 Å². The van der Waals surface area contributed by atoms with Crippen LogP contribution in [0.1, 0.15) is 71.9 Å². The van der Waals surface area contributed by atoms with E-state index >= 15 is 0 Å². The molecule has 6 aliphatic rings. The van der Waals surface area contributed by atoms with Gasteiger partial charge in [0.2, 0.25) is 0 Å². The molecule has 6 saturated heterocycles. The second-order valence-corrected chi connectivity index (χ2v) is 27.6. The summed E-state index contributed by atoms with van der Waals surface area (Å²) in [6, 6.07) is 32.9. The van der Waals surface area contributed by atoms with Gasteiger partial charge in [-0.1, -0.05) is 36.4 Å². The van der Waals surface area contributed by atoms with Crippen molar-refractivity contribution in [2.45, 2.75) is 95.4 Å². The van der Waals surface area contributed by atoms with Crippen molar-refractivity contribution in [2.75, 3.05) is 123 Å². The van der Waals surface area contributed by atoms with Gasteiger partial charge in [0, 0.05) is 62.1 Å². The summed E-state index contributed by atoms with van der Waals surface area (Å²) in [6.07, 6.45) is 6.14. The number of ether oxygens (including phenoxy) is 15. The molecule has 0 radical (unpaired) electrons. The number of rotatable bonds is 24. The number of nitrogens with one attached hydrogen (secondary N) is 1. The van der Waals surface area contributed by atoms with Crippen LogP contribution in [0.2, 0.25) is 0 Å². The van der Waals surface area contributed by atoms with Crippen molar-refractivity contribution >= 4 is 59.5 Å². The highest BCUT2D eigenvalue weighted by atomic mass is 35.5. The number of esters is 3. The number of piperidine rings is 3. The first-order valence-corrected chi connectivity index (χ1v) is 36.7. The highest BCUT2D eigenvalue weighted by molar-refractivity contribution is 6.61. The third kappa shape index (κ3) is 23.9. The lowest BCUT2D eigenvalue weighted by atomic mass is 9.85. The van der Waals surface area contributed by atoms with Gasteiger partial charge in [-0.05, 0) is 190 Å². The van der Waals surface area contributed by atoms with Crippen molar-refractivity contribution in [2.24, 2.45) is 35.5 Å². The zero-order valence-electron chi connectivity index (χ0n) is 63.5. The van der Waals surface area contributed by atoms with E-state index < -0.39 is 29.8 Å². The predicted molar refractivity (Wildman–Crippen MR) is 407 cm³/mol. The van der Waals surface area contributed by atoms with Gasteiger partial charge < -0.3 is 101 Å². The lowest BCUT2D eigenvalue weighted by Crippen LogP contribution is -2.43. The van der Waals surface area contributed by atoms with Gasteiger partial charge in [0.25, 0.3) is 0 Å². The topological polar surface area (TPSA) is 320 Å². The number of β-amino-alcohol motifs (C(OH)–C–C–N with tert-alkyl or cyclic N) is 3. The molecule has 6 fully saturated rings. The molecule has 4 N–H and O–H groups in total. The predicted octanol–water partition coefficient (Wildman–Crippen LogP) is 10.7. The summed E-state index contributed by atoms with van der Waals surface area (Å²) in [6.45, 7) is 4.53. The smallest absolute Gasteiger partial charge is 0.415 e. The Balaban J connectivity index is 0.000000198. The first-order chi connectivity index (χ1) is 52.7. The maximum atomic E-state index is 12.6. The normalized spacial score (nSPS) is 21.1. The Bertz CT molecular complexity index is 3880. The number of cyclic esters (lactones) is 3. The molecule has 0 spiro atoms. The van der Waals surface area contributed by atoms with Crippen LogP contribution in [-0.4, -0.2) is 202 Å². The molecule has 9 atom stereocenters. The third-order valence-electron chi connectivity index (χ3n) is 20.0. The van der Waals surface area contributed by atoms with E-state index in [1.54, 1.807) is 85.1 Å². The molecule has 0 aliphatic carbocycles. The molecule has 6 heterocycles. The molecule has 29 heteroatoms. The van der Waals surface area contributed by atoms with Crippen LogP contribution in [0.15, 0.2) is 109 Å². The molecule has 0 unspecified atom stereocenters. The van der Waals surface area contributed by atoms with Gasteiger partial charge in [0.1, 0.15) is 0 Å². The number of carbonyl (C=O) groups is 6. The average Bonchev–Trinajstić information content (AvgIpc) is 1.56. The summed E-state index contributed by atoms with van der Waals surface area (Å²) in [4.78, 5) is 76.6. The fourth-order valence-corrected chi connectivity index (χ4v) is 14.2. The van der Waals surface area contributed by atoms with Gasteiger partial charge >= 0.3 is 35.5 Å². The van der Waals surface area contributed by atoms with Gasteiger partial charge in [-0.2, -0.15) is 0 Å². The standard InChI is InChI=1S/2C27H33NO8.C22H23ClO7.C5H11NO.ClH/c2*1-32-22-8-6-17(13-24(22)33-2)11-19-16-35-26(30)21(19)12-18-7-9-23(25(14-18)34-3)36-27(31)28-10-4-5-20(29)15-28;1-26-17-6-4-13(10-19(17)27-2)8-15-12-29-21(24)16(15)9-14-5-7-18(30-22(23)25)20(11-14)28-3;7-5-2-1-3-6-4-5;/h2*6-9,13-14,19-21,29H,4-5,10-12,15-16H2,1-3H3;4-7,10-11,15-16H,8-9,12H2,1-3H3;5-7H,1-4H2;1H/t2*19-,20+,21+;15-,16+;5-;/m0001./s1. The maximum Gasteiger partial charge on any atom is 0.415 e. The van der Waals surface area contributed by atoms with Crippen molar-refractivity contribution < 1.29 is 115 Å². The van der Waals surface area contributed by atoms with Crippen LogP contribution in [-0.2, 0) is 67.1 Å². The van der Waals surface area contributed by atoms with Crippen LogP contribution >= 0.6 is 24.0 Å². The highest BCUT2D eigenvalue weighted by Gasteiger charge is 2.40. The Morgan fingerprint density at radius 3 is 0.918 bits per heavy atom. The fourth-order valence-electron chi connectivity index (χ4n) is 14.1. The summed E-state index contributed by atoms with van der Waals surface area (Å²) in [5.41, 5.74) is 4.76. The van der Waals surface area contributed by atoms with E-state index in [-0.39, 0.29) is 90.8 Å². The van der Waals surface area contributed by atoms with E-state index in [2.05, 4.69) is 5.32 Å². The Morgan fingerprint density at radius 1 is 0.391 bits per heavy atom. The first-order valence-electron chi connectivity index (χ1n) is 36.4. The number of methoxy groups -OCH3 is 9. The molecule has 0 aromatic heterocycles. The molecule has 6 aromatic rings. The molecule has 6 aliphatic heterocycles. The lowest BCUT2D eigenvalue weighted by Gasteiger charge is -2.29. The van der Waals surface area contributed by atoms with Crippen molar-refractivity contribution in [1.29, 1.82) is 0 Å². The number of benzene rings is 6. The largest absolute Gasteiger partial charge is 0.493 e. The lowest BCUT2D eigenvalue weighted by molar-refractivity contribution is -0.142. The number of nitrogens with zero attached hydrogens (tertiary/aromatic N) is 2. The highest BCUT2D eigenvalue weighted by Crippen LogP contribution is 2.40. The Hall–Kier alpha value is -9.64. The molecule has 110 heavy (non-hydrogen) atoms. The number of amides is 2. The van der Waals surface area contributed by atoms with Crippen LogP contribution in [0, 0.1) is 35.5 Å². The summed E-state index contributed by atoms with van der Waals surface area (Å²) in [7, 11) is 14.0. The number of aliphatic hydroxyl groups excluding tert-OH is 3. The molecular formula is C81H101Cl2N3O24. The van der Waals surface area contributed by atoms with Gasteiger partial charge in [-0.3, -0.25) is 14.4 Å². The minimum absolute atomic E-state index is 0. The van der Waals surface area contributed by atoms with E-state index in [0.29, 0.717) is 148 Å². The number of likely N-dealkylation sites (tertiary alicyclic amines) is 2. The number of carbonyl (C=O) groups excluding carboxylic acids is 6. The van der Waals surface area contributed by atoms with Crippen LogP contribution in [0.3, 0.4) is 0 Å². The zero-order valence-corrected chi connectivity index (χ0v) is 65.1. The average molecular weight is 1570 g/mol. The van der Waals surface area contributed by atoms with Crippen molar-refractivity contribution in [3.63, 3.8) is 0 Å². The minimum Gasteiger partial charge on any atom is -0.493 e. The maximum absolute atomic E-state index is 12.6. The van der Waals surface area contributed by atoms with E-state index in [0.717, 1.165) is 72.2 Å². The Kier molecular flexibility index (Phi) is 33.2. The number of hydrogen-bond acceptors (Lipinski definition) is 25. The van der Waals surface area contributed by atoms with Crippen LogP contribution in [0.4, 0.5) is 14.4 Å². The number of aliphatic hydroxyl groups is 3. The molecule has 0 saturated carbocycles. The second kappa shape index (κ2) is 42.5. The SMILES string of the molecule is COc1ccc(C[C@H]2COC(=O)[C@@H]2Cc2ccc(OC(=O)Cl)c(OC)c2)cc1OC.COc1ccc(C[C@H]2COC(=O)[C@@H]2Cc2ccc(OC(=O)N3CCC[C@@H](O)C3)c(OC)c2)cc1OC.COc1ccc(C[C@H]2COC(=O)[C@@H]2Cc2ccc(OC(=O)N3CCC[C@@H](O)C3)c(OC)c2)cc1OC.Cl.O[C@@H]1CCCNC1. The third-order valence-corrected chi connectivity index (χ3v) is 20.1.